The molecule has 76 valence electrons. The Morgan fingerprint density at radius 3 is 2.93 bits per heavy atom. The molecule has 0 atom stereocenters. The molecular weight excluding hydrogens is 196 g/mol. The summed E-state index contributed by atoms with van der Waals surface area (Å²) in [7, 11) is 0. The summed E-state index contributed by atoms with van der Waals surface area (Å²) in [5, 5.41) is 4.12. The Bertz CT molecular complexity index is 295. The molecule has 0 amide bonds. The fourth-order valence-corrected chi connectivity index (χ4v) is 2.14. The molecule has 1 heterocycles. The molecule has 0 saturated heterocycles. The highest BCUT2D eigenvalue weighted by atomic mass is 35.5. The highest BCUT2D eigenvalue weighted by Gasteiger charge is 2.13. The summed E-state index contributed by atoms with van der Waals surface area (Å²) in [5.74, 6) is 0. The smallest absolute Gasteiger partial charge is 0.129 e. The van der Waals surface area contributed by atoms with Crippen LogP contribution in [-0.4, -0.2) is 11.0 Å². The lowest BCUT2D eigenvalue weighted by atomic mass is 10.2. The zero-order chi connectivity index (χ0) is 9.80. The molecule has 0 spiro atoms. The average molecular weight is 211 g/mol. The van der Waals surface area contributed by atoms with Gasteiger partial charge < -0.3 is 5.32 Å². The van der Waals surface area contributed by atoms with Crippen LogP contribution in [0.3, 0.4) is 0 Å². The molecule has 1 aliphatic rings. The van der Waals surface area contributed by atoms with Crippen molar-refractivity contribution in [2.24, 2.45) is 0 Å². The van der Waals surface area contributed by atoms with E-state index in [0.29, 0.717) is 11.2 Å². The van der Waals surface area contributed by atoms with Gasteiger partial charge in [-0.25, -0.2) is 4.98 Å². The summed E-state index contributed by atoms with van der Waals surface area (Å²) in [5.41, 5.74) is 1.22. The van der Waals surface area contributed by atoms with E-state index in [4.69, 9.17) is 11.6 Å². The second kappa shape index (κ2) is 4.76. The molecule has 3 heteroatoms. The third kappa shape index (κ3) is 2.69. The summed E-state index contributed by atoms with van der Waals surface area (Å²) < 4.78 is 0. The lowest BCUT2D eigenvalue weighted by Crippen LogP contribution is -2.25. The quantitative estimate of drug-likeness (QED) is 0.777. The van der Waals surface area contributed by atoms with Crippen molar-refractivity contribution in [1.29, 1.82) is 0 Å². The lowest BCUT2D eigenvalue weighted by molar-refractivity contribution is 0.524. The average Bonchev–Trinajstić information content (AvgIpc) is 2.67. The van der Waals surface area contributed by atoms with E-state index < -0.39 is 0 Å². The highest BCUT2D eigenvalue weighted by molar-refractivity contribution is 6.29. The SMILES string of the molecule is Clc1cc(CNC2CCCC2)ccn1. The first-order valence-electron chi connectivity index (χ1n) is 5.18. The number of nitrogens with zero attached hydrogens (tertiary/aromatic N) is 1. The molecule has 1 saturated carbocycles. The number of hydrogen-bond acceptors (Lipinski definition) is 2. The van der Waals surface area contributed by atoms with Gasteiger partial charge in [-0.15, -0.1) is 0 Å². The summed E-state index contributed by atoms with van der Waals surface area (Å²) in [6.07, 6.45) is 7.13. The molecule has 1 aromatic rings. The Morgan fingerprint density at radius 2 is 2.21 bits per heavy atom. The van der Waals surface area contributed by atoms with Gasteiger partial charge in [0.1, 0.15) is 5.15 Å². The maximum Gasteiger partial charge on any atom is 0.129 e. The molecule has 0 bridgehead atoms. The van der Waals surface area contributed by atoms with Crippen LogP contribution in [-0.2, 0) is 6.54 Å². The minimum atomic E-state index is 0.579. The molecule has 1 N–H and O–H groups in total. The second-order valence-electron chi connectivity index (χ2n) is 3.85. The van der Waals surface area contributed by atoms with Crippen molar-refractivity contribution in [3.63, 3.8) is 0 Å². The van der Waals surface area contributed by atoms with E-state index >= 15 is 0 Å². The zero-order valence-corrected chi connectivity index (χ0v) is 8.93. The van der Waals surface area contributed by atoms with Crippen molar-refractivity contribution in [3.8, 4) is 0 Å². The van der Waals surface area contributed by atoms with Gasteiger partial charge in [-0.2, -0.15) is 0 Å². The molecule has 0 aromatic carbocycles. The van der Waals surface area contributed by atoms with Gasteiger partial charge in [0.25, 0.3) is 0 Å². The van der Waals surface area contributed by atoms with Crippen molar-refractivity contribution in [1.82, 2.24) is 10.3 Å². The molecule has 14 heavy (non-hydrogen) atoms. The monoisotopic (exact) mass is 210 g/mol. The number of halogens is 1. The molecule has 0 radical (unpaired) electrons. The van der Waals surface area contributed by atoms with Gasteiger partial charge in [0.2, 0.25) is 0 Å². The number of hydrogen-bond donors (Lipinski definition) is 1. The van der Waals surface area contributed by atoms with Crippen LogP contribution in [0.25, 0.3) is 0 Å². The van der Waals surface area contributed by atoms with E-state index in [2.05, 4.69) is 10.3 Å². The summed E-state index contributed by atoms with van der Waals surface area (Å²) in [6, 6.07) is 4.64. The predicted molar refractivity (Wildman–Crippen MR) is 58.3 cm³/mol. The Balaban J connectivity index is 1.85. The number of rotatable bonds is 3. The second-order valence-corrected chi connectivity index (χ2v) is 4.24. The molecule has 2 rings (SSSR count). The maximum absolute atomic E-state index is 5.80. The molecule has 0 aliphatic heterocycles. The van der Waals surface area contributed by atoms with Crippen LogP contribution < -0.4 is 5.32 Å². The highest BCUT2D eigenvalue weighted by Crippen LogP contribution is 2.18. The fourth-order valence-electron chi connectivity index (χ4n) is 1.94. The first-order chi connectivity index (χ1) is 6.84. The third-order valence-corrected chi connectivity index (χ3v) is 2.95. The first kappa shape index (κ1) is 9.94. The van der Waals surface area contributed by atoms with Gasteiger partial charge in [0, 0.05) is 18.8 Å². The first-order valence-corrected chi connectivity index (χ1v) is 5.56. The van der Waals surface area contributed by atoms with Crippen molar-refractivity contribution in [2.75, 3.05) is 0 Å². The summed E-state index contributed by atoms with van der Waals surface area (Å²) in [6.45, 7) is 0.910. The van der Waals surface area contributed by atoms with E-state index in [1.165, 1.54) is 31.2 Å². The van der Waals surface area contributed by atoms with Gasteiger partial charge in [0.05, 0.1) is 0 Å². The maximum atomic E-state index is 5.80. The predicted octanol–water partition coefficient (Wildman–Crippen LogP) is 2.77. The lowest BCUT2D eigenvalue weighted by Gasteiger charge is -2.11. The Hall–Kier alpha value is -0.600. The van der Waals surface area contributed by atoms with Crippen molar-refractivity contribution in [2.45, 2.75) is 38.3 Å². The van der Waals surface area contributed by atoms with E-state index in [1.54, 1.807) is 6.20 Å². The fraction of sp³-hybridized carbons (Fsp3) is 0.545. The Kier molecular flexibility index (Phi) is 3.38. The molecular formula is C11H15ClN2. The van der Waals surface area contributed by atoms with E-state index in [0.717, 1.165) is 6.54 Å². The van der Waals surface area contributed by atoms with Crippen molar-refractivity contribution < 1.29 is 0 Å². The summed E-state index contributed by atoms with van der Waals surface area (Å²) >= 11 is 5.80. The van der Waals surface area contributed by atoms with Gasteiger partial charge in [-0.3, -0.25) is 0 Å². The van der Waals surface area contributed by atoms with Crippen molar-refractivity contribution in [3.05, 3.63) is 29.0 Å². The molecule has 1 fully saturated rings. The number of nitrogens with one attached hydrogen (secondary N) is 1. The van der Waals surface area contributed by atoms with Crippen LogP contribution in [0, 0.1) is 0 Å². The largest absolute Gasteiger partial charge is 0.310 e. The zero-order valence-electron chi connectivity index (χ0n) is 8.17. The topological polar surface area (TPSA) is 24.9 Å². The minimum absolute atomic E-state index is 0.579. The van der Waals surface area contributed by atoms with Gasteiger partial charge in [-0.1, -0.05) is 24.4 Å². The van der Waals surface area contributed by atoms with Gasteiger partial charge in [-0.05, 0) is 30.5 Å². The number of aromatic nitrogens is 1. The van der Waals surface area contributed by atoms with E-state index in [1.807, 2.05) is 12.1 Å². The van der Waals surface area contributed by atoms with Crippen LogP contribution in [0.4, 0.5) is 0 Å². The van der Waals surface area contributed by atoms with Crippen molar-refractivity contribution >= 4 is 11.6 Å². The van der Waals surface area contributed by atoms with Crippen LogP contribution in [0.2, 0.25) is 5.15 Å². The van der Waals surface area contributed by atoms with Gasteiger partial charge >= 0.3 is 0 Å². The number of pyridine rings is 1. The third-order valence-electron chi connectivity index (χ3n) is 2.74. The summed E-state index contributed by atoms with van der Waals surface area (Å²) in [4.78, 5) is 3.96. The van der Waals surface area contributed by atoms with Crippen LogP contribution in [0.5, 0.6) is 0 Å². The van der Waals surface area contributed by atoms with E-state index in [-0.39, 0.29) is 0 Å². The van der Waals surface area contributed by atoms with Crippen LogP contribution >= 0.6 is 11.6 Å². The minimum Gasteiger partial charge on any atom is -0.310 e. The van der Waals surface area contributed by atoms with Gasteiger partial charge in [0.15, 0.2) is 0 Å². The normalized spacial score (nSPS) is 17.5. The van der Waals surface area contributed by atoms with Crippen LogP contribution in [0.1, 0.15) is 31.2 Å². The molecule has 1 aromatic heterocycles. The molecule has 1 aliphatic carbocycles. The Morgan fingerprint density at radius 1 is 1.43 bits per heavy atom. The molecule has 2 nitrogen and oxygen atoms in total. The van der Waals surface area contributed by atoms with Crippen LogP contribution in [0.15, 0.2) is 18.3 Å². The molecule has 0 unspecified atom stereocenters. The standard InChI is InChI=1S/C11H15ClN2/c12-11-7-9(5-6-13-11)8-14-10-3-1-2-4-10/h5-7,10,14H,1-4,8H2. The Labute approximate surface area is 89.7 Å². The van der Waals surface area contributed by atoms with E-state index in [9.17, 15) is 0 Å².